The Kier molecular flexibility index (Phi) is 4.93. The van der Waals surface area contributed by atoms with Gasteiger partial charge in [0.15, 0.2) is 0 Å². The molecule has 0 N–H and O–H groups in total. The zero-order valence-electron chi connectivity index (χ0n) is 17.2. The van der Waals surface area contributed by atoms with Gasteiger partial charge in [-0.1, -0.05) is 13.2 Å². The summed E-state index contributed by atoms with van der Waals surface area (Å²) in [5.41, 5.74) is 3.89. The van der Waals surface area contributed by atoms with Gasteiger partial charge in [-0.15, -0.1) is 0 Å². The number of pyridine rings is 1. The van der Waals surface area contributed by atoms with Gasteiger partial charge in [-0.2, -0.15) is 6.92 Å². The molecule has 0 spiro atoms. The Morgan fingerprint density at radius 1 is 1.16 bits per heavy atom. The third kappa shape index (κ3) is 3.84. The van der Waals surface area contributed by atoms with Crippen LogP contribution < -0.4 is 9.80 Å². The van der Waals surface area contributed by atoms with Crippen molar-refractivity contribution >= 4 is 17.3 Å². The van der Waals surface area contributed by atoms with E-state index in [-0.39, 0.29) is 13.1 Å². The molecule has 0 aliphatic carbocycles. The van der Waals surface area contributed by atoms with E-state index in [0.717, 1.165) is 41.5 Å². The molecule has 0 saturated carbocycles. The Morgan fingerprint density at radius 2 is 1.97 bits per heavy atom. The van der Waals surface area contributed by atoms with E-state index < -0.39 is 5.92 Å². The van der Waals surface area contributed by atoms with Crippen LogP contribution in [0.1, 0.15) is 12.6 Å². The second-order valence-electron chi connectivity index (χ2n) is 8.10. The van der Waals surface area contributed by atoms with Crippen molar-refractivity contribution < 1.29 is 13.5 Å². The fraction of sp³-hybridized carbons (Fsp3) is 0.429. The standard InChI is InChI=1S/C21H23F2N6O.Lr/c1-14-9-27(5-6-30-11-14)20-25-15(2)7-17(26-20)18-8-24-19-4-3-16(10-29(18)19)28-12-21(22,23)13-28;/h3-4,7-8,10H,5-6,9,11-13H2,1-2H3;/q-1;. The average Bonchev–Trinajstić information content (AvgIpc) is 2.98. The van der Waals surface area contributed by atoms with Crippen molar-refractivity contribution in [1.29, 1.82) is 0 Å². The van der Waals surface area contributed by atoms with Crippen LogP contribution in [-0.2, 0) is 4.74 Å². The van der Waals surface area contributed by atoms with Crippen molar-refractivity contribution in [2.45, 2.75) is 19.8 Å². The molecule has 0 amide bonds. The van der Waals surface area contributed by atoms with Gasteiger partial charge in [-0.05, 0) is 25.1 Å². The van der Waals surface area contributed by atoms with Crippen molar-refractivity contribution in [3.8, 4) is 11.4 Å². The molecule has 10 heteroatoms. The van der Waals surface area contributed by atoms with Gasteiger partial charge in [-0.3, -0.25) is 10.3 Å². The van der Waals surface area contributed by atoms with Crippen LogP contribution in [-0.4, -0.2) is 64.7 Å². The van der Waals surface area contributed by atoms with Crippen molar-refractivity contribution in [3.05, 3.63) is 42.2 Å². The number of fused-ring (bicyclic) bond motifs is 1. The van der Waals surface area contributed by atoms with E-state index in [2.05, 4.69) is 21.8 Å². The third-order valence-corrected chi connectivity index (χ3v) is 5.40. The zero-order valence-corrected chi connectivity index (χ0v) is 19.4. The molecule has 1 radical (unpaired) electrons. The van der Waals surface area contributed by atoms with Crippen LogP contribution in [0.3, 0.4) is 0 Å². The minimum atomic E-state index is -2.61. The number of hydrogen-bond donors (Lipinski definition) is 0. The molecule has 0 unspecified atom stereocenters. The monoisotopic (exact) mass is 675 g/mol. The van der Waals surface area contributed by atoms with E-state index in [1.54, 1.807) is 11.1 Å². The van der Waals surface area contributed by atoms with Crippen LogP contribution in [0.4, 0.5) is 20.4 Å². The van der Waals surface area contributed by atoms with Gasteiger partial charge < -0.3 is 14.5 Å². The second-order valence-corrected chi connectivity index (χ2v) is 8.10. The number of anilines is 2. The number of hydrogen-bond acceptors (Lipinski definition) is 6. The van der Waals surface area contributed by atoms with Crippen LogP contribution in [0, 0.1) is 12.8 Å². The first kappa shape index (κ1) is 20.5. The quantitative estimate of drug-likeness (QED) is 0.399. The van der Waals surface area contributed by atoms with Crippen LogP contribution in [0.15, 0.2) is 30.6 Å². The molecule has 2 saturated heterocycles. The number of aromatic nitrogens is 4. The van der Waals surface area contributed by atoms with Gasteiger partial charge in [0.05, 0.1) is 43.0 Å². The maximum atomic E-state index is 13.3. The molecule has 0 aromatic carbocycles. The topological polar surface area (TPSA) is 58.8 Å². The Hall–Kier alpha value is -3.81. The normalized spacial score (nSPS) is 19.1. The van der Waals surface area contributed by atoms with E-state index >= 15 is 0 Å². The van der Waals surface area contributed by atoms with Crippen LogP contribution in [0.2, 0.25) is 0 Å². The molecule has 31 heavy (non-hydrogen) atoms. The van der Waals surface area contributed by atoms with Crippen LogP contribution in [0.5, 0.6) is 0 Å². The summed E-state index contributed by atoms with van der Waals surface area (Å²) >= 11 is 0. The Labute approximate surface area is 173 Å². The van der Waals surface area contributed by atoms with E-state index in [9.17, 15) is 8.78 Å². The van der Waals surface area contributed by atoms with Crippen molar-refractivity contribution in [2.24, 2.45) is 0 Å². The van der Waals surface area contributed by atoms with Crippen molar-refractivity contribution in [2.75, 3.05) is 49.2 Å². The fourth-order valence-electron chi connectivity index (χ4n) is 3.91. The fourth-order valence-corrected chi connectivity index (χ4v) is 3.91. The molecule has 5 rings (SSSR count). The van der Waals surface area contributed by atoms with Gasteiger partial charge in [0.1, 0.15) is 5.65 Å². The maximum Gasteiger partial charge on any atom is 0.282 e. The first-order valence-corrected chi connectivity index (χ1v) is 9.98. The molecule has 3 aromatic rings. The molecule has 0 bridgehead atoms. The Morgan fingerprint density at radius 3 is 2.74 bits per heavy atom. The summed E-state index contributed by atoms with van der Waals surface area (Å²) in [6, 6.07) is 5.59. The number of ether oxygens (including phenoxy) is 1. The summed E-state index contributed by atoms with van der Waals surface area (Å²) in [6.45, 7) is 6.25. The van der Waals surface area contributed by atoms with E-state index in [4.69, 9.17) is 9.72 Å². The summed E-state index contributed by atoms with van der Waals surface area (Å²) in [6.07, 6.45) is 3.61. The SMILES string of the molecule is Cc1cc(-c2cnc3ccc(N4CC(F)(F)C4)cn23)nc(N2CCOC[C-](C)C2)n1.[Lr]. The molecule has 2 fully saturated rings. The minimum absolute atomic E-state index is 0. The van der Waals surface area contributed by atoms with Crippen LogP contribution >= 0.6 is 0 Å². The first-order chi connectivity index (χ1) is 14.4. The molecule has 3 aromatic heterocycles. The maximum absolute atomic E-state index is 13.3. The van der Waals surface area contributed by atoms with Gasteiger partial charge in [0.25, 0.3) is 5.92 Å². The number of nitrogens with zero attached hydrogens (tertiary/aromatic N) is 6. The summed E-state index contributed by atoms with van der Waals surface area (Å²) < 4.78 is 34.1. The van der Waals surface area contributed by atoms with Crippen LogP contribution in [0.25, 0.3) is 17.0 Å². The zero-order chi connectivity index (χ0) is 20.9. The first-order valence-electron chi connectivity index (χ1n) is 9.98. The van der Waals surface area contributed by atoms with E-state index in [1.807, 2.05) is 35.7 Å². The second kappa shape index (κ2) is 7.46. The third-order valence-electron chi connectivity index (χ3n) is 5.40. The van der Waals surface area contributed by atoms with Crippen molar-refractivity contribution in [3.63, 3.8) is 0 Å². The Bertz CT molecular complexity index is 1080. The summed E-state index contributed by atoms with van der Waals surface area (Å²) in [5.74, 6) is -0.731. The Balaban J connectivity index is 0.00000231. The largest absolute Gasteiger partial charge is 0.411 e. The van der Waals surface area contributed by atoms with Gasteiger partial charge in [0, 0.05) is 18.4 Å². The molecular formula is C21H23F2LrN6O-. The van der Waals surface area contributed by atoms with Gasteiger partial charge in [-0.25, -0.2) is 23.7 Å². The van der Waals surface area contributed by atoms with Gasteiger partial charge in [0.2, 0.25) is 5.95 Å². The summed E-state index contributed by atoms with van der Waals surface area (Å²) in [4.78, 5) is 17.7. The predicted molar refractivity (Wildman–Crippen MR) is 110 cm³/mol. The molecule has 7 nitrogen and oxygen atoms in total. The summed E-state index contributed by atoms with van der Waals surface area (Å²) in [5, 5.41) is 0. The molecule has 173 valence electrons. The number of aryl methyl sites for hydroxylation is 1. The molecular weight excluding hydrogens is 652 g/mol. The predicted octanol–water partition coefficient (Wildman–Crippen LogP) is 2.99. The molecule has 2 aliphatic rings. The van der Waals surface area contributed by atoms with Crippen molar-refractivity contribution in [1.82, 2.24) is 19.4 Å². The van der Waals surface area contributed by atoms with E-state index in [0.29, 0.717) is 19.2 Å². The number of halogens is 2. The smallest absolute Gasteiger partial charge is 0.282 e. The minimum Gasteiger partial charge on any atom is -0.411 e. The number of rotatable bonds is 3. The average molecular weight is 675 g/mol. The number of imidazole rings is 1. The molecule has 2 aliphatic heterocycles. The molecule has 0 atom stereocenters. The van der Waals surface area contributed by atoms with E-state index in [1.165, 1.54) is 5.92 Å². The number of alkyl halides is 2. The summed E-state index contributed by atoms with van der Waals surface area (Å²) in [7, 11) is 0. The van der Waals surface area contributed by atoms with Gasteiger partial charge >= 0.3 is 0 Å². The molecule has 5 heterocycles.